The Labute approximate surface area is 152 Å². The largest absolute Gasteiger partial charge is 0.507 e. The molecule has 0 atom stereocenters. The number of halogens is 1. The SMILES string of the molecule is CNCc1c(Cl)cccc1-c1c(O)ccc2[nH]c(=O)c3sccc3c12. The van der Waals surface area contributed by atoms with Crippen LogP contribution >= 0.6 is 22.9 Å². The molecule has 0 saturated heterocycles. The maximum atomic E-state index is 12.3. The highest BCUT2D eigenvalue weighted by Gasteiger charge is 2.18. The van der Waals surface area contributed by atoms with Crippen LogP contribution in [0, 0.1) is 0 Å². The minimum atomic E-state index is -0.115. The predicted octanol–water partition coefficient (Wildman–Crippen LogP) is 4.49. The second-order valence-corrected chi connectivity index (χ2v) is 7.12. The van der Waals surface area contributed by atoms with E-state index < -0.39 is 0 Å². The van der Waals surface area contributed by atoms with E-state index >= 15 is 0 Å². The molecule has 0 saturated carbocycles. The number of aromatic nitrogens is 1. The van der Waals surface area contributed by atoms with Gasteiger partial charge in [-0.25, -0.2) is 0 Å². The Hall–Kier alpha value is -2.34. The molecule has 2 heterocycles. The zero-order valence-electron chi connectivity index (χ0n) is 13.4. The fourth-order valence-electron chi connectivity index (χ4n) is 3.26. The molecule has 2 aromatic carbocycles. The van der Waals surface area contributed by atoms with Crippen LogP contribution in [0.15, 0.2) is 46.6 Å². The third kappa shape index (κ3) is 2.52. The quantitative estimate of drug-likeness (QED) is 0.498. The van der Waals surface area contributed by atoms with Gasteiger partial charge in [0.15, 0.2) is 0 Å². The summed E-state index contributed by atoms with van der Waals surface area (Å²) in [6.07, 6.45) is 0. The summed E-state index contributed by atoms with van der Waals surface area (Å²) in [6.45, 7) is 0.570. The first kappa shape index (κ1) is 16.1. The molecule has 0 unspecified atom stereocenters. The second-order valence-electron chi connectivity index (χ2n) is 5.80. The van der Waals surface area contributed by atoms with E-state index in [1.54, 1.807) is 12.1 Å². The fraction of sp³-hybridized carbons (Fsp3) is 0.105. The van der Waals surface area contributed by atoms with Gasteiger partial charge in [-0.15, -0.1) is 11.3 Å². The van der Waals surface area contributed by atoms with Gasteiger partial charge in [-0.05, 0) is 47.8 Å². The second kappa shape index (κ2) is 6.19. The van der Waals surface area contributed by atoms with Crippen molar-refractivity contribution in [1.29, 1.82) is 0 Å². The van der Waals surface area contributed by atoms with Crippen molar-refractivity contribution in [2.24, 2.45) is 0 Å². The van der Waals surface area contributed by atoms with Crippen LogP contribution in [0.25, 0.3) is 32.1 Å². The number of hydrogen-bond acceptors (Lipinski definition) is 4. The summed E-state index contributed by atoms with van der Waals surface area (Å²) >= 11 is 7.80. The first-order chi connectivity index (χ1) is 12.1. The Bertz CT molecular complexity index is 1160. The Morgan fingerprint density at radius 1 is 1.24 bits per heavy atom. The molecule has 0 spiro atoms. The van der Waals surface area contributed by atoms with E-state index in [1.165, 1.54) is 11.3 Å². The molecular weight excluding hydrogens is 356 g/mol. The zero-order chi connectivity index (χ0) is 17.6. The van der Waals surface area contributed by atoms with E-state index in [9.17, 15) is 9.90 Å². The highest BCUT2D eigenvalue weighted by atomic mass is 35.5. The number of fused-ring (bicyclic) bond motifs is 3. The molecule has 4 aromatic rings. The van der Waals surface area contributed by atoms with Gasteiger partial charge >= 0.3 is 0 Å². The predicted molar refractivity (Wildman–Crippen MR) is 105 cm³/mol. The van der Waals surface area contributed by atoms with Gasteiger partial charge in [0.05, 0.1) is 0 Å². The van der Waals surface area contributed by atoms with Gasteiger partial charge in [0, 0.05) is 33.4 Å². The molecule has 0 bridgehead atoms. The molecule has 0 aliphatic carbocycles. The maximum absolute atomic E-state index is 12.3. The molecule has 0 amide bonds. The van der Waals surface area contributed by atoms with Gasteiger partial charge in [0.25, 0.3) is 5.56 Å². The molecule has 0 radical (unpaired) electrons. The number of H-pyrrole nitrogens is 1. The van der Waals surface area contributed by atoms with Crippen molar-refractivity contribution in [2.75, 3.05) is 7.05 Å². The third-order valence-corrected chi connectivity index (χ3v) is 5.58. The first-order valence-corrected chi connectivity index (χ1v) is 9.05. The number of phenols is 1. The van der Waals surface area contributed by atoms with Gasteiger partial charge in [-0.2, -0.15) is 0 Å². The summed E-state index contributed by atoms with van der Waals surface area (Å²) in [7, 11) is 1.85. The number of aromatic hydroxyl groups is 1. The van der Waals surface area contributed by atoms with Crippen molar-refractivity contribution in [3.63, 3.8) is 0 Å². The average molecular weight is 371 g/mol. The maximum Gasteiger partial charge on any atom is 0.266 e. The van der Waals surface area contributed by atoms with Crippen LogP contribution in [0.4, 0.5) is 0 Å². The molecule has 25 heavy (non-hydrogen) atoms. The number of hydrogen-bond donors (Lipinski definition) is 3. The monoisotopic (exact) mass is 370 g/mol. The lowest BCUT2D eigenvalue weighted by atomic mass is 9.93. The standard InChI is InChI=1S/C19H15ClN2O2S/c1-21-9-12-10(3-2-4-13(12)20)17-15(23)6-5-14-16(17)11-7-8-25-18(11)19(24)22-14/h2-8,21,23H,9H2,1H3,(H,22,24). The molecule has 0 fully saturated rings. The molecule has 126 valence electrons. The van der Waals surface area contributed by atoms with Crippen LogP contribution in [-0.2, 0) is 6.54 Å². The number of pyridine rings is 1. The Balaban J connectivity index is 2.20. The lowest BCUT2D eigenvalue weighted by Gasteiger charge is -2.15. The van der Waals surface area contributed by atoms with Crippen molar-refractivity contribution in [2.45, 2.75) is 6.54 Å². The van der Waals surface area contributed by atoms with Crippen LogP contribution < -0.4 is 10.9 Å². The molecule has 0 aliphatic rings. The molecule has 4 rings (SSSR count). The van der Waals surface area contributed by atoms with E-state index in [-0.39, 0.29) is 11.3 Å². The third-order valence-electron chi connectivity index (χ3n) is 4.31. The first-order valence-electron chi connectivity index (χ1n) is 7.79. The van der Waals surface area contributed by atoms with Crippen LogP contribution in [-0.4, -0.2) is 17.1 Å². The van der Waals surface area contributed by atoms with Crippen molar-refractivity contribution < 1.29 is 5.11 Å². The lowest BCUT2D eigenvalue weighted by molar-refractivity contribution is 0.478. The number of thiophene rings is 1. The summed E-state index contributed by atoms with van der Waals surface area (Å²) < 4.78 is 0.650. The fourth-order valence-corrected chi connectivity index (χ4v) is 4.30. The number of nitrogens with one attached hydrogen (secondary N) is 2. The Kier molecular flexibility index (Phi) is 4.00. The van der Waals surface area contributed by atoms with Crippen LogP contribution in [0.1, 0.15) is 5.56 Å². The highest BCUT2D eigenvalue weighted by Crippen LogP contribution is 2.42. The summed E-state index contributed by atoms with van der Waals surface area (Å²) in [5.41, 5.74) is 3.02. The van der Waals surface area contributed by atoms with Gasteiger partial charge < -0.3 is 15.4 Å². The topological polar surface area (TPSA) is 65.1 Å². The van der Waals surface area contributed by atoms with Crippen molar-refractivity contribution in [3.8, 4) is 16.9 Å². The Morgan fingerprint density at radius 2 is 2.08 bits per heavy atom. The van der Waals surface area contributed by atoms with Crippen LogP contribution in [0.3, 0.4) is 0 Å². The zero-order valence-corrected chi connectivity index (χ0v) is 15.0. The number of rotatable bonds is 3. The van der Waals surface area contributed by atoms with Crippen molar-refractivity contribution in [3.05, 3.63) is 62.7 Å². The molecule has 3 N–H and O–H groups in total. The van der Waals surface area contributed by atoms with Gasteiger partial charge in [-0.3, -0.25) is 4.79 Å². The smallest absolute Gasteiger partial charge is 0.266 e. The number of phenolic OH excluding ortho intramolecular Hbond substituents is 1. The Morgan fingerprint density at radius 3 is 2.88 bits per heavy atom. The minimum Gasteiger partial charge on any atom is -0.507 e. The molecule has 2 aromatic heterocycles. The summed E-state index contributed by atoms with van der Waals surface area (Å²) in [6, 6.07) is 10.9. The lowest BCUT2D eigenvalue weighted by Crippen LogP contribution is -2.08. The van der Waals surface area contributed by atoms with Crippen LogP contribution in [0.2, 0.25) is 5.02 Å². The highest BCUT2D eigenvalue weighted by molar-refractivity contribution is 7.17. The molecule has 4 nitrogen and oxygen atoms in total. The van der Waals surface area contributed by atoms with Crippen molar-refractivity contribution in [1.82, 2.24) is 10.3 Å². The summed E-state index contributed by atoms with van der Waals surface area (Å²) in [4.78, 5) is 15.2. The van der Waals surface area contributed by atoms with E-state index in [0.717, 1.165) is 21.9 Å². The van der Waals surface area contributed by atoms with Crippen LogP contribution in [0.5, 0.6) is 5.75 Å². The molecular formula is C19H15ClN2O2S. The molecule has 0 aliphatic heterocycles. The summed E-state index contributed by atoms with van der Waals surface area (Å²) in [5.74, 6) is 0.159. The number of aromatic amines is 1. The van der Waals surface area contributed by atoms with Gasteiger partial charge in [0.1, 0.15) is 10.4 Å². The van der Waals surface area contributed by atoms with E-state index in [4.69, 9.17) is 11.6 Å². The normalized spacial score (nSPS) is 11.4. The van der Waals surface area contributed by atoms with Gasteiger partial charge in [0.2, 0.25) is 0 Å². The van der Waals surface area contributed by atoms with E-state index in [1.807, 2.05) is 36.7 Å². The van der Waals surface area contributed by atoms with E-state index in [0.29, 0.717) is 27.3 Å². The van der Waals surface area contributed by atoms with Gasteiger partial charge in [-0.1, -0.05) is 23.7 Å². The molecule has 6 heteroatoms. The van der Waals surface area contributed by atoms with E-state index in [2.05, 4.69) is 10.3 Å². The average Bonchev–Trinajstić information content (AvgIpc) is 3.08. The number of benzene rings is 2. The summed E-state index contributed by atoms with van der Waals surface area (Å²) in [5, 5.41) is 18.0. The van der Waals surface area contributed by atoms with Crippen molar-refractivity contribution >= 4 is 43.9 Å². The minimum absolute atomic E-state index is 0.115.